The molecule has 7 heteroatoms. The zero-order valence-electron chi connectivity index (χ0n) is 11.3. The zero-order valence-corrected chi connectivity index (χ0v) is 12.1. The average Bonchev–Trinajstić information content (AvgIpc) is 2.95. The Balaban J connectivity index is 2.03. The van der Waals surface area contributed by atoms with Crippen LogP contribution in [0, 0.1) is 0 Å². The van der Waals surface area contributed by atoms with Gasteiger partial charge in [-0.25, -0.2) is 4.98 Å². The molecule has 0 saturated heterocycles. The molecular weight excluding hydrogens is 278 g/mol. The number of rotatable bonds is 6. The second-order valence-corrected chi connectivity index (χ2v) is 4.90. The normalized spacial score (nSPS) is 10.3. The Morgan fingerprint density at radius 2 is 2.15 bits per heavy atom. The Labute approximate surface area is 120 Å². The fourth-order valence-corrected chi connectivity index (χ4v) is 2.32. The number of aromatic amines is 1. The fourth-order valence-electron chi connectivity index (χ4n) is 1.60. The molecule has 0 aliphatic heterocycles. The minimum Gasteiger partial charge on any atom is -0.496 e. The van der Waals surface area contributed by atoms with Gasteiger partial charge in [0, 0.05) is 5.75 Å². The van der Waals surface area contributed by atoms with E-state index in [1.165, 1.54) is 18.9 Å². The highest BCUT2D eigenvalue weighted by Crippen LogP contribution is 2.27. The zero-order chi connectivity index (χ0) is 14.4. The first-order valence-corrected chi connectivity index (χ1v) is 6.98. The molecule has 1 aromatic heterocycles. The molecule has 0 bridgehead atoms. The topological polar surface area (TPSA) is 77.1 Å². The van der Waals surface area contributed by atoms with Crippen molar-refractivity contribution in [3.05, 3.63) is 24.3 Å². The summed E-state index contributed by atoms with van der Waals surface area (Å²) in [6.07, 6.45) is 0.333. The molecule has 1 aromatic carbocycles. The average molecular weight is 293 g/mol. The Hall–Kier alpha value is -2.02. The highest BCUT2D eigenvalue weighted by molar-refractivity contribution is 7.99. The first-order valence-electron chi connectivity index (χ1n) is 6.00. The number of nitrogens with one attached hydrogen (secondary N) is 1. The Morgan fingerprint density at radius 1 is 1.35 bits per heavy atom. The maximum Gasteiger partial charge on any atom is 0.306 e. The summed E-state index contributed by atoms with van der Waals surface area (Å²) < 4.78 is 9.86. The van der Waals surface area contributed by atoms with E-state index in [0.717, 1.165) is 11.3 Å². The quantitative estimate of drug-likeness (QED) is 0.649. The van der Waals surface area contributed by atoms with Gasteiger partial charge in [-0.3, -0.25) is 9.89 Å². The molecule has 0 aliphatic carbocycles. The van der Waals surface area contributed by atoms with Crippen molar-refractivity contribution < 1.29 is 14.3 Å². The molecule has 1 N–H and O–H groups in total. The Morgan fingerprint density at radius 3 is 2.90 bits per heavy atom. The van der Waals surface area contributed by atoms with Gasteiger partial charge in [0.05, 0.1) is 26.2 Å². The molecule has 6 nitrogen and oxygen atoms in total. The summed E-state index contributed by atoms with van der Waals surface area (Å²) in [6.45, 7) is 0. The van der Waals surface area contributed by atoms with Crippen LogP contribution < -0.4 is 4.74 Å². The van der Waals surface area contributed by atoms with Crippen molar-refractivity contribution in [1.82, 2.24) is 15.2 Å². The van der Waals surface area contributed by atoms with Gasteiger partial charge in [0.2, 0.25) is 5.16 Å². The van der Waals surface area contributed by atoms with E-state index in [2.05, 4.69) is 19.9 Å². The third-order valence-corrected chi connectivity index (χ3v) is 3.44. The smallest absolute Gasteiger partial charge is 0.306 e. The number of ether oxygens (including phenoxy) is 2. The van der Waals surface area contributed by atoms with Gasteiger partial charge >= 0.3 is 5.97 Å². The monoisotopic (exact) mass is 293 g/mol. The van der Waals surface area contributed by atoms with E-state index in [1.54, 1.807) is 7.11 Å². The summed E-state index contributed by atoms with van der Waals surface area (Å²) in [5.74, 6) is 1.71. The van der Waals surface area contributed by atoms with E-state index in [0.29, 0.717) is 23.2 Å². The van der Waals surface area contributed by atoms with Crippen molar-refractivity contribution in [1.29, 1.82) is 0 Å². The van der Waals surface area contributed by atoms with Crippen molar-refractivity contribution in [3.63, 3.8) is 0 Å². The Bertz CT molecular complexity index is 586. The first kappa shape index (κ1) is 14.4. The van der Waals surface area contributed by atoms with Crippen LogP contribution in [0.1, 0.15) is 6.42 Å². The minimum absolute atomic E-state index is 0.238. The van der Waals surface area contributed by atoms with Crippen LogP contribution in [0.25, 0.3) is 11.4 Å². The SMILES string of the molecule is COC(=O)CCSc1n[nH]c(-c2ccccc2OC)n1. The van der Waals surface area contributed by atoms with Gasteiger partial charge in [-0.15, -0.1) is 5.10 Å². The number of H-pyrrole nitrogens is 1. The predicted molar refractivity (Wildman–Crippen MR) is 75.7 cm³/mol. The van der Waals surface area contributed by atoms with Crippen molar-refractivity contribution in [2.24, 2.45) is 0 Å². The van der Waals surface area contributed by atoms with Gasteiger partial charge < -0.3 is 9.47 Å². The molecule has 1 heterocycles. The lowest BCUT2D eigenvalue weighted by Crippen LogP contribution is -2.01. The minimum atomic E-state index is -0.238. The maximum atomic E-state index is 11.0. The number of para-hydroxylation sites is 1. The van der Waals surface area contributed by atoms with E-state index < -0.39 is 0 Å². The standard InChI is InChI=1S/C13H15N3O3S/c1-18-10-6-4-3-5-9(10)12-14-13(16-15-12)20-8-7-11(17)19-2/h3-6H,7-8H2,1-2H3,(H,14,15,16). The summed E-state index contributed by atoms with van der Waals surface area (Å²) in [5.41, 5.74) is 0.849. The molecule has 2 aromatic rings. The number of carbonyl (C=O) groups excluding carboxylic acids is 1. The summed E-state index contributed by atoms with van der Waals surface area (Å²) in [6, 6.07) is 7.57. The number of benzene rings is 1. The lowest BCUT2D eigenvalue weighted by atomic mass is 10.2. The lowest BCUT2D eigenvalue weighted by molar-refractivity contribution is -0.140. The van der Waals surface area contributed by atoms with Gasteiger partial charge in [0.25, 0.3) is 0 Å². The largest absolute Gasteiger partial charge is 0.496 e. The van der Waals surface area contributed by atoms with E-state index >= 15 is 0 Å². The number of hydrogen-bond acceptors (Lipinski definition) is 6. The summed E-state index contributed by atoms with van der Waals surface area (Å²) in [7, 11) is 2.99. The maximum absolute atomic E-state index is 11.0. The molecule has 106 valence electrons. The van der Waals surface area contributed by atoms with Crippen LogP contribution in [0.15, 0.2) is 29.4 Å². The van der Waals surface area contributed by atoms with Crippen molar-refractivity contribution >= 4 is 17.7 Å². The van der Waals surface area contributed by atoms with E-state index in [9.17, 15) is 4.79 Å². The van der Waals surface area contributed by atoms with Crippen LogP contribution in [-0.2, 0) is 9.53 Å². The van der Waals surface area contributed by atoms with Crippen LogP contribution in [0.5, 0.6) is 5.75 Å². The number of carbonyl (C=O) groups is 1. The van der Waals surface area contributed by atoms with Crippen LogP contribution in [0.4, 0.5) is 0 Å². The molecule has 0 spiro atoms. The summed E-state index contributed by atoms with van der Waals surface area (Å²) >= 11 is 1.40. The highest BCUT2D eigenvalue weighted by Gasteiger charge is 2.11. The van der Waals surface area contributed by atoms with E-state index in [1.807, 2.05) is 24.3 Å². The van der Waals surface area contributed by atoms with Gasteiger partial charge in [-0.1, -0.05) is 23.9 Å². The molecule has 0 fully saturated rings. The van der Waals surface area contributed by atoms with Crippen molar-refractivity contribution in [2.75, 3.05) is 20.0 Å². The highest BCUT2D eigenvalue weighted by atomic mass is 32.2. The molecule has 0 radical (unpaired) electrons. The van der Waals surface area contributed by atoms with Crippen LogP contribution >= 0.6 is 11.8 Å². The first-order chi connectivity index (χ1) is 9.74. The molecular formula is C13H15N3O3S. The number of nitrogens with zero attached hydrogens (tertiary/aromatic N) is 2. The van der Waals surface area contributed by atoms with Crippen LogP contribution in [0.2, 0.25) is 0 Å². The summed E-state index contributed by atoms with van der Waals surface area (Å²) in [4.78, 5) is 15.4. The molecule has 0 unspecified atom stereocenters. The van der Waals surface area contributed by atoms with Crippen LogP contribution in [-0.4, -0.2) is 41.1 Å². The van der Waals surface area contributed by atoms with Gasteiger partial charge in [-0.05, 0) is 12.1 Å². The molecule has 20 heavy (non-hydrogen) atoms. The third kappa shape index (κ3) is 3.51. The second-order valence-electron chi connectivity index (χ2n) is 3.84. The number of thioether (sulfide) groups is 1. The fraction of sp³-hybridized carbons (Fsp3) is 0.308. The van der Waals surface area contributed by atoms with Crippen LogP contribution in [0.3, 0.4) is 0 Å². The lowest BCUT2D eigenvalue weighted by Gasteiger charge is -2.04. The van der Waals surface area contributed by atoms with Gasteiger partial charge in [0.1, 0.15) is 5.75 Å². The number of esters is 1. The predicted octanol–water partition coefficient (Wildman–Crippen LogP) is 2.14. The molecule has 0 saturated carbocycles. The molecule has 0 aliphatic rings. The second kappa shape index (κ2) is 6.95. The molecule has 2 rings (SSSR count). The van der Waals surface area contributed by atoms with E-state index in [4.69, 9.17) is 4.74 Å². The molecule has 0 amide bonds. The number of aromatic nitrogens is 3. The molecule has 0 atom stereocenters. The third-order valence-electron chi connectivity index (χ3n) is 2.59. The van der Waals surface area contributed by atoms with Crippen molar-refractivity contribution in [2.45, 2.75) is 11.6 Å². The van der Waals surface area contributed by atoms with E-state index in [-0.39, 0.29) is 5.97 Å². The number of hydrogen-bond donors (Lipinski definition) is 1. The van der Waals surface area contributed by atoms with Gasteiger partial charge in [-0.2, -0.15) is 0 Å². The number of methoxy groups -OCH3 is 2. The van der Waals surface area contributed by atoms with Gasteiger partial charge in [0.15, 0.2) is 5.82 Å². The Kier molecular flexibility index (Phi) is 5.00. The van der Waals surface area contributed by atoms with Crippen molar-refractivity contribution in [3.8, 4) is 17.1 Å². The summed E-state index contributed by atoms with van der Waals surface area (Å²) in [5, 5.41) is 7.57.